The molecule has 0 saturated carbocycles. The SMILES string of the molecule is NC(=S)c1ccc(F)cc1COc1ccccc1. The predicted octanol–water partition coefficient (Wildman–Crippen LogP) is 3.04. The van der Waals surface area contributed by atoms with Gasteiger partial charge in [0.1, 0.15) is 23.2 Å². The number of thiocarbonyl (C=S) groups is 1. The largest absolute Gasteiger partial charge is 0.489 e. The van der Waals surface area contributed by atoms with Crippen LogP contribution in [0.5, 0.6) is 5.75 Å². The van der Waals surface area contributed by atoms with Crippen molar-refractivity contribution < 1.29 is 9.13 Å². The van der Waals surface area contributed by atoms with Gasteiger partial charge in [-0.15, -0.1) is 0 Å². The van der Waals surface area contributed by atoms with Crippen LogP contribution in [0.25, 0.3) is 0 Å². The number of para-hydroxylation sites is 1. The fourth-order valence-electron chi connectivity index (χ4n) is 1.60. The van der Waals surface area contributed by atoms with Crippen LogP contribution in [0.4, 0.5) is 4.39 Å². The Hall–Kier alpha value is -1.94. The summed E-state index contributed by atoms with van der Waals surface area (Å²) in [7, 11) is 0. The van der Waals surface area contributed by atoms with Crippen molar-refractivity contribution in [3.63, 3.8) is 0 Å². The fraction of sp³-hybridized carbons (Fsp3) is 0.0714. The third kappa shape index (κ3) is 3.05. The van der Waals surface area contributed by atoms with Crippen molar-refractivity contribution in [2.24, 2.45) is 5.73 Å². The van der Waals surface area contributed by atoms with E-state index < -0.39 is 0 Å². The van der Waals surface area contributed by atoms with Crippen molar-refractivity contribution >= 4 is 17.2 Å². The summed E-state index contributed by atoms with van der Waals surface area (Å²) in [5, 5.41) is 0. The van der Waals surface area contributed by atoms with E-state index in [0.717, 1.165) is 5.75 Å². The Balaban J connectivity index is 2.18. The summed E-state index contributed by atoms with van der Waals surface area (Å²) in [6, 6.07) is 13.6. The fourth-order valence-corrected chi connectivity index (χ4v) is 1.80. The van der Waals surface area contributed by atoms with Crippen LogP contribution in [0.15, 0.2) is 48.5 Å². The highest BCUT2D eigenvalue weighted by Gasteiger charge is 2.07. The number of halogens is 1. The Bertz CT molecular complexity index is 557. The van der Waals surface area contributed by atoms with Gasteiger partial charge in [-0.3, -0.25) is 0 Å². The standard InChI is InChI=1S/C14H12FNOS/c15-11-6-7-13(14(16)18)10(8-11)9-17-12-4-2-1-3-5-12/h1-8H,9H2,(H2,16,18). The molecular formula is C14H12FNOS. The Morgan fingerprint density at radius 3 is 2.56 bits per heavy atom. The van der Waals surface area contributed by atoms with Crippen molar-refractivity contribution in [2.75, 3.05) is 0 Å². The van der Waals surface area contributed by atoms with Gasteiger partial charge in [0.15, 0.2) is 0 Å². The van der Waals surface area contributed by atoms with E-state index in [1.54, 1.807) is 6.07 Å². The lowest BCUT2D eigenvalue weighted by atomic mass is 10.1. The van der Waals surface area contributed by atoms with E-state index in [0.29, 0.717) is 11.1 Å². The third-order valence-corrected chi connectivity index (χ3v) is 2.69. The molecule has 2 aromatic rings. The molecule has 0 heterocycles. The molecule has 92 valence electrons. The summed E-state index contributed by atoms with van der Waals surface area (Å²) >= 11 is 4.92. The average molecular weight is 261 g/mol. The van der Waals surface area contributed by atoms with Crippen LogP contribution in [-0.2, 0) is 6.61 Å². The van der Waals surface area contributed by atoms with Crippen molar-refractivity contribution in [3.05, 3.63) is 65.5 Å². The molecule has 0 aliphatic carbocycles. The molecule has 0 saturated heterocycles. The van der Waals surface area contributed by atoms with Gasteiger partial charge >= 0.3 is 0 Å². The van der Waals surface area contributed by atoms with E-state index in [-0.39, 0.29) is 17.4 Å². The number of nitrogens with two attached hydrogens (primary N) is 1. The molecule has 18 heavy (non-hydrogen) atoms. The van der Waals surface area contributed by atoms with Crippen LogP contribution in [0.3, 0.4) is 0 Å². The van der Waals surface area contributed by atoms with Crippen molar-refractivity contribution in [2.45, 2.75) is 6.61 Å². The molecule has 2 nitrogen and oxygen atoms in total. The molecule has 2 rings (SSSR count). The quantitative estimate of drug-likeness (QED) is 0.859. The first-order valence-corrected chi connectivity index (χ1v) is 5.84. The van der Waals surface area contributed by atoms with E-state index in [9.17, 15) is 4.39 Å². The first kappa shape index (κ1) is 12.5. The van der Waals surface area contributed by atoms with Gasteiger partial charge in [0, 0.05) is 11.1 Å². The molecule has 0 aliphatic rings. The van der Waals surface area contributed by atoms with E-state index in [1.807, 2.05) is 30.3 Å². The first-order valence-electron chi connectivity index (χ1n) is 5.43. The maximum Gasteiger partial charge on any atom is 0.123 e. The maximum absolute atomic E-state index is 13.2. The summed E-state index contributed by atoms with van der Waals surface area (Å²) in [5.41, 5.74) is 6.87. The highest BCUT2D eigenvalue weighted by molar-refractivity contribution is 7.80. The zero-order valence-corrected chi connectivity index (χ0v) is 10.4. The van der Waals surface area contributed by atoms with Crippen molar-refractivity contribution in [3.8, 4) is 5.75 Å². The molecule has 0 atom stereocenters. The summed E-state index contributed by atoms with van der Waals surface area (Å²) in [6.45, 7) is 0.231. The molecule has 0 amide bonds. The molecule has 0 bridgehead atoms. The lowest BCUT2D eigenvalue weighted by molar-refractivity contribution is 0.305. The molecule has 2 aromatic carbocycles. The van der Waals surface area contributed by atoms with E-state index in [1.165, 1.54) is 12.1 Å². The smallest absolute Gasteiger partial charge is 0.123 e. The molecule has 0 fully saturated rings. The van der Waals surface area contributed by atoms with Gasteiger partial charge in [-0.2, -0.15) is 0 Å². The summed E-state index contributed by atoms with van der Waals surface area (Å²) in [5.74, 6) is 0.386. The average Bonchev–Trinajstić information content (AvgIpc) is 2.37. The lowest BCUT2D eigenvalue weighted by Gasteiger charge is -2.10. The van der Waals surface area contributed by atoms with Crippen LogP contribution in [0.1, 0.15) is 11.1 Å². The van der Waals surface area contributed by atoms with Crippen LogP contribution in [0, 0.1) is 5.82 Å². The van der Waals surface area contributed by atoms with Gasteiger partial charge in [-0.1, -0.05) is 30.4 Å². The molecule has 0 radical (unpaired) electrons. The monoisotopic (exact) mass is 261 g/mol. The highest BCUT2D eigenvalue weighted by Crippen LogP contribution is 2.16. The third-order valence-electron chi connectivity index (χ3n) is 2.47. The van der Waals surface area contributed by atoms with Gasteiger partial charge in [0.05, 0.1) is 0 Å². The Labute approximate surface area is 110 Å². The van der Waals surface area contributed by atoms with E-state index in [4.69, 9.17) is 22.7 Å². The molecule has 0 unspecified atom stereocenters. The minimum atomic E-state index is -0.332. The van der Waals surface area contributed by atoms with Gasteiger partial charge in [-0.05, 0) is 30.3 Å². The zero-order valence-electron chi connectivity index (χ0n) is 9.60. The van der Waals surface area contributed by atoms with Crippen LogP contribution >= 0.6 is 12.2 Å². The van der Waals surface area contributed by atoms with Gasteiger partial charge in [-0.25, -0.2) is 4.39 Å². The van der Waals surface area contributed by atoms with E-state index in [2.05, 4.69) is 0 Å². The summed E-state index contributed by atoms with van der Waals surface area (Å²) in [4.78, 5) is 0.238. The van der Waals surface area contributed by atoms with Crippen molar-refractivity contribution in [1.82, 2.24) is 0 Å². The van der Waals surface area contributed by atoms with Gasteiger partial charge in [0.25, 0.3) is 0 Å². The minimum absolute atomic E-state index is 0.231. The molecular weight excluding hydrogens is 249 g/mol. The number of rotatable bonds is 4. The minimum Gasteiger partial charge on any atom is -0.489 e. The molecule has 0 aromatic heterocycles. The zero-order chi connectivity index (χ0) is 13.0. The Kier molecular flexibility index (Phi) is 3.89. The topological polar surface area (TPSA) is 35.2 Å². The van der Waals surface area contributed by atoms with E-state index >= 15 is 0 Å². The molecule has 0 spiro atoms. The first-order chi connectivity index (χ1) is 8.66. The van der Waals surface area contributed by atoms with Crippen molar-refractivity contribution in [1.29, 1.82) is 0 Å². The normalized spacial score (nSPS) is 10.1. The van der Waals surface area contributed by atoms with Crippen LogP contribution < -0.4 is 10.5 Å². The highest BCUT2D eigenvalue weighted by atomic mass is 32.1. The molecule has 2 N–H and O–H groups in total. The summed E-state index contributed by atoms with van der Waals surface area (Å²) in [6.07, 6.45) is 0. The number of benzene rings is 2. The number of hydrogen-bond donors (Lipinski definition) is 1. The van der Waals surface area contributed by atoms with Crippen LogP contribution in [0.2, 0.25) is 0 Å². The lowest BCUT2D eigenvalue weighted by Crippen LogP contribution is -2.13. The Morgan fingerprint density at radius 1 is 1.17 bits per heavy atom. The van der Waals surface area contributed by atoms with Gasteiger partial charge < -0.3 is 10.5 Å². The number of ether oxygens (including phenoxy) is 1. The molecule has 4 heteroatoms. The second-order valence-electron chi connectivity index (χ2n) is 3.77. The van der Waals surface area contributed by atoms with Crippen LogP contribution in [-0.4, -0.2) is 4.99 Å². The second kappa shape index (κ2) is 5.60. The second-order valence-corrected chi connectivity index (χ2v) is 4.21. The number of hydrogen-bond acceptors (Lipinski definition) is 2. The Morgan fingerprint density at radius 2 is 1.89 bits per heavy atom. The summed E-state index contributed by atoms with van der Waals surface area (Å²) < 4.78 is 18.8. The van der Waals surface area contributed by atoms with Gasteiger partial charge in [0.2, 0.25) is 0 Å². The molecule has 0 aliphatic heterocycles. The predicted molar refractivity (Wildman–Crippen MR) is 73.1 cm³/mol. The maximum atomic E-state index is 13.2.